The fourth-order valence-corrected chi connectivity index (χ4v) is 1.93. The van der Waals surface area contributed by atoms with E-state index in [9.17, 15) is 19.8 Å². The van der Waals surface area contributed by atoms with Gasteiger partial charge in [-0.2, -0.15) is 0 Å². The number of benzene rings is 2. The van der Waals surface area contributed by atoms with E-state index in [-0.39, 0.29) is 34.6 Å². The summed E-state index contributed by atoms with van der Waals surface area (Å²) in [5, 5.41) is 35.3. The van der Waals surface area contributed by atoms with Gasteiger partial charge in [0, 0.05) is 35.2 Å². The molecule has 0 atom stereocenters. The average Bonchev–Trinajstić information content (AvgIpc) is 2.67. The number of aromatic hydroxyl groups is 2. The zero-order chi connectivity index (χ0) is 21.1. The molecule has 2 radical (unpaired) electrons. The molecule has 2 rings (SSSR count). The second kappa shape index (κ2) is 13.1. The van der Waals surface area contributed by atoms with E-state index in [1.165, 1.54) is 38.5 Å². The number of carbonyl (C=O) groups is 2. The van der Waals surface area contributed by atoms with Crippen molar-refractivity contribution >= 4 is 47.1 Å². The summed E-state index contributed by atoms with van der Waals surface area (Å²) >= 11 is 0. The van der Waals surface area contributed by atoms with Crippen LogP contribution in [0.4, 0.5) is 0 Å². The number of ether oxygens (including phenoxy) is 2. The second-order valence-corrected chi connectivity index (χ2v) is 5.21. The minimum atomic E-state index is -1.02. The Kier molecular flexibility index (Phi) is 11.6. The number of rotatable bonds is 6. The Labute approximate surface area is 183 Å². The molecular formula is C20H20MgO8. The van der Waals surface area contributed by atoms with E-state index in [1.807, 2.05) is 0 Å². The van der Waals surface area contributed by atoms with Gasteiger partial charge in [-0.3, -0.25) is 0 Å². The van der Waals surface area contributed by atoms with Gasteiger partial charge in [-0.1, -0.05) is 12.1 Å². The van der Waals surface area contributed by atoms with E-state index in [4.69, 9.17) is 19.7 Å². The molecule has 0 unspecified atom stereocenters. The Morgan fingerprint density at radius 1 is 0.759 bits per heavy atom. The van der Waals surface area contributed by atoms with Gasteiger partial charge in [0.15, 0.2) is 23.0 Å². The molecule has 0 amide bonds. The first-order valence-corrected chi connectivity index (χ1v) is 7.82. The summed E-state index contributed by atoms with van der Waals surface area (Å²) in [5.41, 5.74) is 1.31. The Balaban J connectivity index is 0.000000523. The predicted molar refractivity (Wildman–Crippen MR) is 108 cm³/mol. The van der Waals surface area contributed by atoms with Crippen molar-refractivity contribution in [3.05, 3.63) is 59.7 Å². The van der Waals surface area contributed by atoms with Crippen molar-refractivity contribution in [3.8, 4) is 23.0 Å². The Bertz CT molecular complexity index is 817. The van der Waals surface area contributed by atoms with Crippen LogP contribution in [0.15, 0.2) is 48.6 Å². The normalized spacial score (nSPS) is 10.0. The number of carboxylic acid groups (broad SMARTS) is 2. The topological polar surface area (TPSA) is 134 Å². The molecule has 8 nitrogen and oxygen atoms in total. The van der Waals surface area contributed by atoms with Gasteiger partial charge in [-0.05, 0) is 47.5 Å². The Morgan fingerprint density at radius 2 is 1.10 bits per heavy atom. The molecular weight excluding hydrogens is 393 g/mol. The lowest BCUT2D eigenvalue weighted by Crippen LogP contribution is -1.87. The molecule has 2 aromatic rings. The number of methoxy groups -OCH3 is 2. The molecule has 0 spiro atoms. The summed E-state index contributed by atoms with van der Waals surface area (Å²) in [6.45, 7) is 0. The molecule has 9 heteroatoms. The number of carboxylic acids is 2. The molecule has 0 saturated heterocycles. The van der Waals surface area contributed by atoms with Crippen LogP contribution in [0.1, 0.15) is 11.1 Å². The van der Waals surface area contributed by atoms with Crippen LogP contribution in [-0.4, -0.2) is 69.6 Å². The molecule has 150 valence electrons. The maximum Gasteiger partial charge on any atom is 0.328 e. The fraction of sp³-hybridized carbons (Fsp3) is 0.100. The molecule has 4 N–H and O–H groups in total. The van der Waals surface area contributed by atoms with Crippen molar-refractivity contribution in [2.45, 2.75) is 0 Å². The van der Waals surface area contributed by atoms with Gasteiger partial charge < -0.3 is 29.9 Å². The van der Waals surface area contributed by atoms with Crippen LogP contribution in [0, 0.1) is 0 Å². The molecule has 0 aliphatic rings. The molecule has 0 bridgehead atoms. The number of phenolic OH excluding ortho intramolecular Hbond substituents is 2. The molecule has 2 aromatic carbocycles. The zero-order valence-corrected chi connectivity index (χ0v) is 17.3. The van der Waals surface area contributed by atoms with E-state index >= 15 is 0 Å². The lowest BCUT2D eigenvalue weighted by molar-refractivity contribution is -0.132. The molecule has 0 heterocycles. The minimum Gasteiger partial charge on any atom is -0.504 e. The minimum absolute atomic E-state index is 0. The Hall–Kier alpha value is -3.17. The zero-order valence-electron chi connectivity index (χ0n) is 15.9. The van der Waals surface area contributed by atoms with Crippen LogP contribution in [0.3, 0.4) is 0 Å². The van der Waals surface area contributed by atoms with Crippen LogP contribution < -0.4 is 9.47 Å². The maximum absolute atomic E-state index is 10.2. The molecule has 0 aliphatic carbocycles. The lowest BCUT2D eigenvalue weighted by Gasteiger charge is -2.03. The summed E-state index contributed by atoms with van der Waals surface area (Å²) in [4.78, 5) is 20.5. The summed E-state index contributed by atoms with van der Waals surface area (Å²) in [7, 11) is 2.86. The third-order valence-electron chi connectivity index (χ3n) is 3.24. The van der Waals surface area contributed by atoms with Crippen LogP contribution >= 0.6 is 0 Å². The highest BCUT2D eigenvalue weighted by molar-refractivity contribution is 5.86. The number of phenols is 2. The molecule has 0 saturated carbocycles. The molecule has 0 fully saturated rings. The average molecular weight is 413 g/mol. The van der Waals surface area contributed by atoms with E-state index in [0.29, 0.717) is 22.6 Å². The largest absolute Gasteiger partial charge is 0.504 e. The van der Waals surface area contributed by atoms with Gasteiger partial charge in [0.25, 0.3) is 0 Å². The highest BCUT2D eigenvalue weighted by Gasteiger charge is 2.01. The highest BCUT2D eigenvalue weighted by Crippen LogP contribution is 2.27. The Morgan fingerprint density at radius 3 is 1.38 bits per heavy atom. The number of hydrogen-bond donors (Lipinski definition) is 4. The van der Waals surface area contributed by atoms with Crippen molar-refractivity contribution in [1.82, 2.24) is 0 Å². The van der Waals surface area contributed by atoms with Crippen LogP contribution in [0.2, 0.25) is 0 Å². The molecule has 0 aliphatic heterocycles. The fourth-order valence-electron chi connectivity index (χ4n) is 1.93. The van der Waals surface area contributed by atoms with Gasteiger partial charge in [0.2, 0.25) is 0 Å². The van der Waals surface area contributed by atoms with Gasteiger partial charge in [-0.25, -0.2) is 9.59 Å². The monoisotopic (exact) mass is 412 g/mol. The van der Waals surface area contributed by atoms with Gasteiger partial charge >= 0.3 is 11.9 Å². The highest BCUT2D eigenvalue weighted by atomic mass is 24.3. The maximum atomic E-state index is 10.2. The lowest BCUT2D eigenvalue weighted by atomic mass is 10.2. The predicted octanol–water partition coefficient (Wildman–Crippen LogP) is 2.62. The standard InChI is InChI=1S/2C10H10O4.Mg/c2*1-14-9-6-7(2-4-8(9)11)3-5-10(12)13;/h2*2-6,11H,1H3,(H,12,13);/b2*5-3-;. The summed E-state index contributed by atoms with van der Waals surface area (Å²) in [6, 6.07) is 9.18. The smallest absolute Gasteiger partial charge is 0.328 e. The first-order valence-electron chi connectivity index (χ1n) is 7.82. The van der Waals surface area contributed by atoms with E-state index in [2.05, 4.69) is 0 Å². The summed E-state index contributed by atoms with van der Waals surface area (Å²) < 4.78 is 9.72. The van der Waals surface area contributed by atoms with Crippen molar-refractivity contribution < 1.29 is 39.5 Å². The van der Waals surface area contributed by atoms with Gasteiger partial charge in [0.05, 0.1) is 14.2 Å². The van der Waals surface area contributed by atoms with Crippen LogP contribution in [0.5, 0.6) is 23.0 Å². The van der Waals surface area contributed by atoms with Gasteiger partial charge in [-0.15, -0.1) is 0 Å². The van der Waals surface area contributed by atoms with Crippen LogP contribution in [-0.2, 0) is 9.59 Å². The van der Waals surface area contributed by atoms with Crippen molar-refractivity contribution in [2.24, 2.45) is 0 Å². The van der Waals surface area contributed by atoms with Crippen molar-refractivity contribution in [2.75, 3.05) is 14.2 Å². The summed E-state index contributed by atoms with van der Waals surface area (Å²) in [6.07, 6.45) is 4.88. The number of hydrogen-bond acceptors (Lipinski definition) is 6. The first-order chi connectivity index (χ1) is 13.3. The third kappa shape index (κ3) is 9.54. The molecule has 0 aromatic heterocycles. The van der Waals surface area contributed by atoms with Crippen LogP contribution in [0.25, 0.3) is 12.2 Å². The SMILES string of the molecule is COc1cc(/C=C\C(=O)O)ccc1O.COc1cc(/C=C\C(=O)O)ccc1O.[Mg]. The molecule has 29 heavy (non-hydrogen) atoms. The van der Waals surface area contributed by atoms with Gasteiger partial charge in [0.1, 0.15) is 0 Å². The van der Waals surface area contributed by atoms with E-state index in [1.54, 1.807) is 24.3 Å². The second-order valence-electron chi connectivity index (χ2n) is 5.21. The third-order valence-corrected chi connectivity index (χ3v) is 3.24. The van der Waals surface area contributed by atoms with E-state index < -0.39 is 11.9 Å². The van der Waals surface area contributed by atoms with Crippen molar-refractivity contribution in [3.63, 3.8) is 0 Å². The van der Waals surface area contributed by atoms with Crippen molar-refractivity contribution in [1.29, 1.82) is 0 Å². The quantitative estimate of drug-likeness (QED) is 0.420. The summed E-state index contributed by atoms with van der Waals surface area (Å²) in [5.74, 6) is -1.34. The van der Waals surface area contributed by atoms with E-state index in [0.717, 1.165) is 12.2 Å². The number of aliphatic carboxylic acids is 2. The first kappa shape index (κ1) is 25.8.